The van der Waals surface area contributed by atoms with Crippen molar-refractivity contribution in [2.24, 2.45) is 7.05 Å². The van der Waals surface area contributed by atoms with Gasteiger partial charge in [-0.05, 0) is 38.1 Å². The lowest BCUT2D eigenvalue weighted by atomic mass is 9.92. The van der Waals surface area contributed by atoms with Gasteiger partial charge in [0.05, 0.1) is 23.7 Å². The Labute approximate surface area is 164 Å². The molecule has 0 spiro atoms. The van der Waals surface area contributed by atoms with Crippen LogP contribution in [0.25, 0.3) is 0 Å². The molecule has 0 amide bonds. The van der Waals surface area contributed by atoms with E-state index in [-0.39, 0.29) is 17.4 Å². The van der Waals surface area contributed by atoms with Gasteiger partial charge in [0.2, 0.25) is 0 Å². The summed E-state index contributed by atoms with van der Waals surface area (Å²) in [6, 6.07) is 6.63. The maximum Gasteiger partial charge on any atom is 0.193 e. The molecule has 8 heteroatoms. The number of carbonyl (C=O) groups is 1. The zero-order valence-electron chi connectivity index (χ0n) is 16.9. The standard InChI is InChI=1S/C20H24FN3O3S/c1-19(2,3)17-10-14(24(6)23-17)11-18(25)20(4,5)28(26,27)16-8-7-13(12-22)9-15(16)21/h7-10H,11H2,1-6H3. The predicted molar refractivity (Wildman–Crippen MR) is 103 cm³/mol. The van der Waals surface area contributed by atoms with Crippen LogP contribution in [0.2, 0.25) is 0 Å². The Hall–Kier alpha value is -2.53. The molecule has 1 heterocycles. The van der Waals surface area contributed by atoms with Gasteiger partial charge in [0.25, 0.3) is 0 Å². The van der Waals surface area contributed by atoms with E-state index in [1.54, 1.807) is 23.9 Å². The minimum atomic E-state index is -4.31. The number of nitrogens with zero attached hydrogens (tertiary/aromatic N) is 3. The van der Waals surface area contributed by atoms with Crippen molar-refractivity contribution in [2.75, 3.05) is 0 Å². The Morgan fingerprint density at radius 2 is 1.82 bits per heavy atom. The number of benzene rings is 1. The number of aryl methyl sites for hydroxylation is 1. The normalized spacial score (nSPS) is 12.6. The van der Waals surface area contributed by atoms with E-state index in [4.69, 9.17) is 5.26 Å². The smallest absolute Gasteiger partial charge is 0.193 e. The Bertz CT molecular complexity index is 1070. The Kier molecular flexibility index (Phi) is 5.55. The highest BCUT2D eigenvalue weighted by Gasteiger charge is 2.44. The van der Waals surface area contributed by atoms with Gasteiger partial charge >= 0.3 is 0 Å². The summed E-state index contributed by atoms with van der Waals surface area (Å²) in [6.45, 7) is 8.50. The van der Waals surface area contributed by atoms with E-state index < -0.39 is 31.1 Å². The topological polar surface area (TPSA) is 92.8 Å². The number of rotatable bonds is 5. The minimum Gasteiger partial charge on any atom is -0.298 e. The predicted octanol–water partition coefficient (Wildman–Crippen LogP) is 3.09. The summed E-state index contributed by atoms with van der Waals surface area (Å²) in [5.74, 6) is -1.62. The van der Waals surface area contributed by atoms with Crippen molar-refractivity contribution >= 4 is 15.6 Å². The molecule has 0 radical (unpaired) electrons. The van der Waals surface area contributed by atoms with Gasteiger partial charge in [-0.3, -0.25) is 9.48 Å². The van der Waals surface area contributed by atoms with E-state index in [0.717, 1.165) is 17.8 Å². The van der Waals surface area contributed by atoms with E-state index in [2.05, 4.69) is 5.10 Å². The summed E-state index contributed by atoms with van der Waals surface area (Å²) in [7, 11) is -2.62. The molecule has 2 rings (SSSR count). The summed E-state index contributed by atoms with van der Waals surface area (Å²) in [5.41, 5.74) is 1.16. The molecule has 0 aliphatic heterocycles. The molecule has 0 bridgehead atoms. The molecule has 28 heavy (non-hydrogen) atoms. The molecule has 2 aromatic rings. The average molecular weight is 405 g/mol. The molecular weight excluding hydrogens is 381 g/mol. The van der Waals surface area contributed by atoms with E-state index in [1.807, 2.05) is 20.8 Å². The van der Waals surface area contributed by atoms with Crippen LogP contribution in [0, 0.1) is 17.1 Å². The third kappa shape index (κ3) is 3.85. The Morgan fingerprint density at radius 3 is 2.29 bits per heavy atom. The number of Topliss-reactive ketones (excluding diaryl/α,β-unsaturated/α-hetero) is 1. The summed E-state index contributed by atoms with van der Waals surface area (Å²) in [4.78, 5) is 12.3. The first-order valence-electron chi connectivity index (χ1n) is 8.73. The second-order valence-corrected chi connectivity index (χ2v) is 10.7. The zero-order chi connectivity index (χ0) is 21.5. The largest absolute Gasteiger partial charge is 0.298 e. The molecular formula is C20H24FN3O3S. The van der Waals surface area contributed by atoms with Crippen LogP contribution in [0.3, 0.4) is 0 Å². The molecule has 6 nitrogen and oxygen atoms in total. The lowest BCUT2D eigenvalue weighted by Crippen LogP contribution is -2.42. The van der Waals surface area contributed by atoms with Crippen molar-refractivity contribution in [1.82, 2.24) is 9.78 Å². The van der Waals surface area contributed by atoms with E-state index in [9.17, 15) is 17.6 Å². The van der Waals surface area contributed by atoms with E-state index in [1.165, 1.54) is 19.9 Å². The summed E-state index contributed by atoms with van der Waals surface area (Å²) in [5, 5.41) is 13.2. The average Bonchev–Trinajstić information content (AvgIpc) is 2.95. The molecule has 0 unspecified atom stereocenters. The van der Waals surface area contributed by atoms with Gasteiger partial charge in [-0.1, -0.05) is 20.8 Å². The zero-order valence-corrected chi connectivity index (χ0v) is 17.7. The number of halogens is 1. The summed E-state index contributed by atoms with van der Waals surface area (Å²) < 4.78 is 40.0. The monoisotopic (exact) mass is 405 g/mol. The Balaban J connectivity index is 2.40. The molecule has 150 valence electrons. The molecule has 0 atom stereocenters. The maximum atomic E-state index is 14.3. The lowest BCUT2D eigenvalue weighted by molar-refractivity contribution is -0.120. The fourth-order valence-electron chi connectivity index (χ4n) is 2.63. The molecule has 0 fully saturated rings. The number of hydrogen-bond acceptors (Lipinski definition) is 5. The van der Waals surface area contributed by atoms with Crippen LogP contribution in [0.1, 0.15) is 51.6 Å². The molecule has 0 aliphatic rings. The van der Waals surface area contributed by atoms with Crippen LogP contribution in [0.15, 0.2) is 29.2 Å². The van der Waals surface area contributed by atoms with Gasteiger partial charge in [0.1, 0.15) is 15.5 Å². The molecule has 0 N–H and O–H groups in total. The van der Waals surface area contributed by atoms with Crippen molar-refractivity contribution in [3.63, 3.8) is 0 Å². The minimum absolute atomic E-state index is 0.00479. The van der Waals surface area contributed by atoms with E-state index in [0.29, 0.717) is 5.69 Å². The molecule has 1 aromatic carbocycles. The number of nitriles is 1. The fraction of sp³-hybridized carbons (Fsp3) is 0.450. The molecule has 0 saturated heterocycles. The van der Waals surface area contributed by atoms with Crippen LogP contribution in [-0.4, -0.2) is 28.7 Å². The second kappa shape index (κ2) is 7.13. The first-order chi connectivity index (χ1) is 12.7. The van der Waals surface area contributed by atoms with E-state index >= 15 is 0 Å². The Morgan fingerprint density at radius 1 is 1.21 bits per heavy atom. The number of hydrogen-bond donors (Lipinski definition) is 0. The molecule has 0 saturated carbocycles. The highest BCUT2D eigenvalue weighted by molar-refractivity contribution is 7.93. The van der Waals surface area contributed by atoms with Gasteiger partial charge in [0, 0.05) is 18.2 Å². The van der Waals surface area contributed by atoms with Gasteiger partial charge in [0.15, 0.2) is 15.6 Å². The van der Waals surface area contributed by atoms with Gasteiger partial charge in [-0.15, -0.1) is 0 Å². The van der Waals surface area contributed by atoms with Gasteiger partial charge in [-0.25, -0.2) is 12.8 Å². The first-order valence-corrected chi connectivity index (χ1v) is 10.2. The number of ketones is 1. The fourth-order valence-corrected chi connectivity index (χ4v) is 4.11. The highest BCUT2D eigenvalue weighted by atomic mass is 32.2. The third-order valence-electron chi connectivity index (χ3n) is 4.78. The highest BCUT2D eigenvalue weighted by Crippen LogP contribution is 2.30. The lowest BCUT2D eigenvalue weighted by Gasteiger charge is -2.23. The summed E-state index contributed by atoms with van der Waals surface area (Å²) in [6.07, 6.45) is -0.149. The van der Waals surface area contributed by atoms with Crippen molar-refractivity contribution in [2.45, 2.75) is 56.1 Å². The molecule has 1 aromatic heterocycles. The first kappa shape index (κ1) is 21.8. The van der Waals surface area contributed by atoms with Gasteiger partial charge in [-0.2, -0.15) is 10.4 Å². The maximum absolute atomic E-state index is 14.3. The van der Waals surface area contributed by atoms with Crippen molar-refractivity contribution in [1.29, 1.82) is 5.26 Å². The van der Waals surface area contributed by atoms with Crippen LogP contribution in [0.4, 0.5) is 4.39 Å². The number of carbonyl (C=O) groups excluding carboxylic acids is 1. The van der Waals surface area contributed by atoms with Crippen molar-refractivity contribution < 1.29 is 17.6 Å². The van der Waals surface area contributed by atoms with Gasteiger partial charge < -0.3 is 0 Å². The summed E-state index contributed by atoms with van der Waals surface area (Å²) >= 11 is 0. The van der Waals surface area contributed by atoms with Crippen LogP contribution >= 0.6 is 0 Å². The van der Waals surface area contributed by atoms with Crippen LogP contribution in [0.5, 0.6) is 0 Å². The van der Waals surface area contributed by atoms with Crippen LogP contribution in [-0.2, 0) is 33.5 Å². The number of aromatic nitrogens is 2. The third-order valence-corrected chi connectivity index (χ3v) is 7.26. The second-order valence-electron chi connectivity index (χ2n) is 8.27. The number of sulfone groups is 1. The van der Waals surface area contributed by atoms with Crippen molar-refractivity contribution in [3.8, 4) is 6.07 Å². The SMILES string of the molecule is Cn1nc(C(C)(C)C)cc1CC(=O)C(C)(C)S(=O)(=O)c1ccc(C#N)cc1F. The molecule has 0 aliphatic carbocycles. The van der Waals surface area contributed by atoms with Crippen molar-refractivity contribution in [3.05, 3.63) is 47.0 Å². The quantitative estimate of drug-likeness (QED) is 0.762. The van der Waals surface area contributed by atoms with Crippen LogP contribution < -0.4 is 0 Å².